The lowest BCUT2D eigenvalue weighted by Gasteiger charge is -2.08. The molecule has 2 aromatic heterocycles. The first-order valence-corrected chi connectivity index (χ1v) is 6.58. The minimum absolute atomic E-state index is 0.299. The highest BCUT2D eigenvalue weighted by atomic mass is 35.5. The van der Waals surface area contributed by atoms with Crippen LogP contribution < -0.4 is 5.32 Å². The van der Waals surface area contributed by atoms with E-state index < -0.39 is 5.97 Å². The van der Waals surface area contributed by atoms with Gasteiger partial charge in [-0.1, -0.05) is 23.2 Å². The third-order valence-corrected chi connectivity index (χ3v) is 3.02. The van der Waals surface area contributed by atoms with Crippen molar-refractivity contribution in [2.24, 2.45) is 0 Å². The van der Waals surface area contributed by atoms with Gasteiger partial charge in [-0.05, 0) is 13.0 Å². The summed E-state index contributed by atoms with van der Waals surface area (Å²) in [6, 6.07) is 1.56. The summed E-state index contributed by atoms with van der Waals surface area (Å²) in [6.45, 7) is 2.03. The maximum Gasteiger partial charge on any atom is 0.341 e. The van der Waals surface area contributed by atoms with Gasteiger partial charge in [-0.15, -0.1) is 0 Å². The Morgan fingerprint density at radius 2 is 2.20 bits per heavy atom. The van der Waals surface area contributed by atoms with Gasteiger partial charge in [0.15, 0.2) is 5.82 Å². The molecule has 0 fully saturated rings. The number of hydrogen-bond acceptors (Lipinski definition) is 5. The predicted octanol–water partition coefficient (Wildman–Crippen LogP) is 2.79. The Balaban J connectivity index is 2.39. The molecule has 0 aliphatic carbocycles. The molecule has 0 atom stereocenters. The molecule has 20 heavy (non-hydrogen) atoms. The van der Waals surface area contributed by atoms with E-state index in [-0.39, 0.29) is 0 Å². The Morgan fingerprint density at radius 1 is 1.45 bits per heavy atom. The van der Waals surface area contributed by atoms with Gasteiger partial charge in [0.1, 0.15) is 5.82 Å². The third kappa shape index (κ3) is 2.86. The Bertz CT molecular complexity index is 642. The summed E-state index contributed by atoms with van der Waals surface area (Å²) in [5, 5.41) is 7.63. The molecule has 0 spiro atoms. The van der Waals surface area contributed by atoms with Crippen molar-refractivity contribution in [1.82, 2.24) is 14.8 Å². The fraction of sp³-hybridized carbons (Fsp3) is 0.250. The van der Waals surface area contributed by atoms with Crippen molar-refractivity contribution >= 4 is 35.0 Å². The number of rotatable bonds is 4. The third-order valence-electron chi connectivity index (χ3n) is 2.46. The van der Waals surface area contributed by atoms with Gasteiger partial charge in [0.05, 0.1) is 28.4 Å². The molecule has 2 rings (SSSR count). The van der Waals surface area contributed by atoms with E-state index in [9.17, 15) is 4.79 Å². The highest BCUT2D eigenvalue weighted by Crippen LogP contribution is 2.27. The van der Waals surface area contributed by atoms with E-state index in [0.29, 0.717) is 33.9 Å². The van der Waals surface area contributed by atoms with Crippen molar-refractivity contribution in [3.8, 4) is 5.82 Å². The quantitative estimate of drug-likeness (QED) is 0.879. The maximum absolute atomic E-state index is 11.6. The number of anilines is 1. The molecule has 8 heteroatoms. The van der Waals surface area contributed by atoms with E-state index in [2.05, 4.69) is 15.4 Å². The number of halogens is 2. The monoisotopic (exact) mass is 314 g/mol. The molecular formula is C12H12Cl2N4O2. The van der Waals surface area contributed by atoms with E-state index in [0.717, 1.165) is 0 Å². The molecule has 0 amide bonds. The van der Waals surface area contributed by atoms with Crippen molar-refractivity contribution in [2.45, 2.75) is 6.92 Å². The van der Waals surface area contributed by atoms with Crippen LogP contribution in [0.15, 0.2) is 18.5 Å². The molecule has 106 valence electrons. The number of esters is 1. The largest absolute Gasteiger partial charge is 0.462 e. The summed E-state index contributed by atoms with van der Waals surface area (Å²) in [4.78, 5) is 15.8. The van der Waals surface area contributed by atoms with Gasteiger partial charge in [-0.25, -0.2) is 14.5 Å². The average Bonchev–Trinajstić information content (AvgIpc) is 2.89. The second-order valence-corrected chi connectivity index (χ2v) is 4.58. The zero-order valence-electron chi connectivity index (χ0n) is 10.9. The number of ether oxygens (including phenoxy) is 1. The molecule has 0 saturated heterocycles. The number of carbonyl (C=O) groups excluding carboxylic acids is 1. The number of hydrogen-bond donors (Lipinski definition) is 1. The summed E-state index contributed by atoms with van der Waals surface area (Å²) in [5.74, 6) is 0.396. The van der Waals surface area contributed by atoms with Gasteiger partial charge < -0.3 is 10.1 Å². The summed E-state index contributed by atoms with van der Waals surface area (Å²) >= 11 is 12.1. The summed E-state index contributed by atoms with van der Waals surface area (Å²) < 4.78 is 6.29. The topological polar surface area (TPSA) is 69.0 Å². The number of nitrogens with one attached hydrogen (secondary N) is 1. The molecule has 0 aromatic carbocycles. The predicted molar refractivity (Wildman–Crippen MR) is 76.9 cm³/mol. The van der Waals surface area contributed by atoms with Gasteiger partial charge in [-0.3, -0.25) is 0 Å². The van der Waals surface area contributed by atoms with E-state index in [1.807, 2.05) is 0 Å². The molecule has 0 aliphatic heterocycles. The Labute approximate surface area is 125 Å². The molecule has 2 aromatic rings. The Kier molecular flexibility index (Phi) is 4.46. The first-order chi connectivity index (χ1) is 9.56. The Morgan fingerprint density at radius 3 is 2.85 bits per heavy atom. The molecule has 6 nitrogen and oxygen atoms in total. The van der Waals surface area contributed by atoms with E-state index in [4.69, 9.17) is 27.9 Å². The minimum atomic E-state index is -0.447. The molecule has 0 aliphatic rings. The molecule has 0 bridgehead atoms. The standard InChI is InChI=1S/C12H12Cl2N4O2/c1-3-20-12(19)7-5-16-18(6-7)11-9(14)4-8(13)10(15-2)17-11/h4-6H,3H2,1-2H3,(H,15,17). The van der Waals surface area contributed by atoms with Crippen LogP contribution >= 0.6 is 23.2 Å². The summed E-state index contributed by atoms with van der Waals surface area (Å²) in [6.07, 6.45) is 2.89. The van der Waals surface area contributed by atoms with Crippen molar-refractivity contribution < 1.29 is 9.53 Å². The van der Waals surface area contributed by atoms with Crippen LogP contribution in [0.3, 0.4) is 0 Å². The van der Waals surface area contributed by atoms with Gasteiger partial charge in [0, 0.05) is 13.2 Å². The average molecular weight is 315 g/mol. The zero-order valence-corrected chi connectivity index (χ0v) is 12.4. The number of carbonyl (C=O) groups is 1. The van der Waals surface area contributed by atoms with Crippen LogP contribution in [0, 0.1) is 0 Å². The minimum Gasteiger partial charge on any atom is -0.462 e. The maximum atomic E-state index is 11.6. The zero-order chi connectivity index (χ0) is 14.7. The number of aromatic nitrogens is 3. The second-order valence-electron chi connectivity index (χ2n) is 3.77. The molecule has 0 saturated carbocycles. The van der Waals surface area contributed by atoms with Crippen LogP contribution in [-0.4, -0.2) is 34.4 Å². The fourth-order valence-electron chi connectivity index (χ4n) is 1.55. The lowest BCUT2D eigenvalue weighted by Crippen LogP contribution is -2.04. The number of nitrogens with zero attached hydrogens (tertiary/aromatic N) is 3. The van der Waals surface area contributed by atoms with Crippen molar-refractivity contribution in [2.75, 3.05) is 19.0 Å². The Hall–Kier alpha value is -1.79. The first kappa shape index (κ1) is 14.6. The van der Waals surface area contributed by atoms with Crippen LogP contribution in [-0.2, 0) is 4.74 Å². The molecule has 0 radical (unpaired) electrons. The van der Waals surface area contributed by atoms with E-state index >= 15 is 0 Å². The van der Waals surface area contributed by atoms with Gasteiger partial charge >= 0.3 is 5.97 Å². The smallest absolute Gasteiger partial charge is 0.341 e. The first-order valence-electron chi connectivity index (χ1n) is 5.82. The van der Waals surface area contributed by atoms with Gasteiger partial charge in [-0.2, -0.15) is 5.10 Å². The number of pyridine rings is 1. The summed E-state index contributed by atoms with van der Waals surface area (Å²) in [5.41, 5.74) is 0.325. The van der Waals surface area contributed by atoms with Crippen LogP contribution in [0.4, 0.5) is 5.82 Å². The molecule has 1 N–H and O–H groups in total. The second kappa shape index (κ2) is 6.11. The van der Waals surface area contributed by atoms with Crippen molar-refractivity contribution in [3.05, 3.63) is 34.1 Å². The lowest BCUT2D eigenvalue weighted by molar-refractivity contribution is 0.0526. The van der Waals surface area contributed by atoms with Gasteiger partial charge in [0.25, 0.3) is 0 Å². The van der Waals surface area contributed by atoms with Gasteiger partial charge in [0.2, 0.25) is 0 Å². The molecule has 0 unspecified atom stereocenters. The molecule has 2 heterocycles. The SMILES string of the molecule is CCOC(=O)c1cnn(-c2nc(NC)c(Cl)cc2Cl)c1. The van der Waals surface area contributed by atoms with Crippen LogP contribution in [0.2, 0.25) is 10.0 Å². The fourth-order valence-corrected chi connectivity index (χ4v) is 2.09. The van der Waals surface area contributed by atoms with Crippen LogP contribution in [0.5, 0.6) is 0 Å². The van der Waals surface area contributed by atoms with Crippen molar-refractivity contribution in [3.63, 3.8) is 0 Å². The van der Waals surface area contributed by atoms with Crippen molar-refractivity contribution in [1.29, 1.82) is 0 Å². The van der Waals surface area contributed by atoms with E-state index in [1.165, 1.54) is 17.1 Å². The normalized spacial score (nSPS) is 10.4. The summed E-state index contributed by atoms with van der Waals surface area (Å²) in [7, 11) is 1.69. The lowest BCUT2D eigenvalue weighted by atomic mass is 10.4. The molecular weight excluding hydrogens is 303 g/mol. The highest BCUT2D eigenvalue weighted by Gasteiger charge is 2.14. The van der Waals surface area contributed by atoms with E-state index in [1.54, 1.807) is 20.0 Å². The van der Waals surface area contributed by atoms with Crippen LogP contribution in [0.25, 0.3) is 5.82 Å². The highest BCUT2D eigenvalue weighted by molar-refractivity contribution is 6.36. The van der Waals surface area contributed by atoms with Crippen LogP contribution in [0.1, 0.15) is 17.3 Å².